The van der Waals surface area contributed by atoms with Gasteiger partial charge in [-0.3, -0.25) is 4.79 Å². The molecule has 2 unspecified atom stereocenters. The van der Waals surface area contributed by atoms with Crippen LogP contribution in [0.1, 0.15) is 20.3 Å². The molecule has 0 spiro atoms. The number of aliphatic hydroxyl groups excluding tert-OH is 1. The summed E-state index contributed by atoms with van der Waals surface area (Å²) in [7, 11) is 0. The van der Waals surface area contributed by atoms with Gasteiger partial charge < -0.3 is 20.5 Å². The molecule has 3 N–H and O–H groups in total. The second kappa shape index (κ2) is 7.59. The summed E-state index contributed by atoms with van der Waals surface area (Å²) in [4.78, 5) is 11.9. The van der Waals surface area contributed by atoms with Crippen LogP contribution in [0.3, 0.4) is 0 Å². The van der Waals surface area contributed by atoms with Crippen LogP contribution in [-0.4, -0.2) is 35.8 Å². The predicted octanol–water partition coefficient (Wildman–Crippen LogP) is 1.70. The first kappa shape index (κ1) is 17.7. The van der Waals surface area contributed by atoms with Gasteiger partial charge in [0.05, 0.1) is 23.9 Å². The lowest BCUT2D eigenvalue weighted by Crippen LogP contribution is -2.35. The fourth-order valence-corrected chi connectivity index (χ4v) is 2.08. The molecule has 7 heteroatoms. The molecule has 5 nitrogen and oxygen atoms in total. The second-order valence-corrected chi connectivity index (χ2v) is 5.15. The van der Waals surface area contributed by atoms with E-state index in [4.69, 9.17) is 4.74 Å². The highest BCUT2D eigenvalue weighted by Gasteiger charge is 2.28. The summed E-state index contributed by atoms with van der Waals surface area (Å²) in [6.07, 6.45) is -0.237. The molecule has 1 saturated heterocycles. The molecule has 0 bridgehead atoms. The molecular weight excluding hydrogens is 299 g/mol. The Morgan fingerprint density at radius 1 is 1.52 bits per heavy atom. The van der Waals surface area contributed by atoms with Crippen molar-refractivity contribution >= 4 is 24.0 Å². The zero-order chi connectivity index (χ0) is 14.7. The van der Waals surface area contributed by atoms with Gasteiger partial charge in [0.15, 0.2) is 0 Å². The largest absolute Gasteiger partial charge is 0.491 e. The van der Waals surface area contributed by atoms with Gasteiger partial charge in [-0.25, -0.2) is 4.39 Å². The van der Waals surface area contributed by atoms with Crippen LogP contribution in [0, 0.1) is 5.82 Å². The summed E-state index contributed by atoms with van der Waals surface area (Å²) in [6, 6.07) is 3.83. The maximum atomic E-state index is 13.9. The molecule has 118 valence electrons. The Morgan fingerprint density at radius 2 is 2.24 bits per heavy atom. The maximum Gasteiger partial charge on any atom is 0.241 e. The van der Waals surface area contributed by atoms with E-state index in [1.807, 2.05) is 13.8 Å². The van der Waals surface area contributed by atoms with E-state index in [2.05, 4.69) is 10.6 Å². The smallest absolute Gasteiger partial charge is 0.241 e. The van der Waals surface area contributed by atoms with Crippen molar-refractivity contribution in [3.63, 3.8) is 0 Å². The summed E-state index contributed by atoms with van der Waals surface area (Å²) in [5, 5.41) is 14.7. The van der Waals surface area contributed by atoms with Crippen molar-refractivity contribution in [1.29, 1.82) is 0 Å². The van der Waals surface area contributed by atoms with Crippen LogP contribution < -0.4 is 15.4 Å². The third kappa shape index (κ3) is 4.84. The van der Waals surface area contributed by atoms with Crippen molar-refractivity contribution in [2.45, 2.75) is 38.5 Å². The minimum atomic E-state index is -0.546. The monoisotopic (exact) mass is 318 g/mol. The predicted molar refractivity (Wildman–Crippen MR) is 80.5 cm³/mol. The van der Waals surface area contributed by atoms with E-state index in [0.717, 1.165) is 0 Å². The lowest BCUT2D eigenvalue weighted by molar-refractivity contribution is -0.118. The van der Waals surface area contributed by atoms with Crippen molar-refractivity contribution in [1.82, 2.24) is 5.32 Å². The average Bonchev–Trinajstić information content (AvgIpc) is 2.78. The number of hydrogen-bond donors (Lipinski definition) is 3. The summed E-state index contributed by atoms with van der Waals surface area (Å²) in [6.45, 7) is 4.08. The first-order valence-electron chi connectivity index (χ1n) is 6.64. The molecule has 2 atom stereocenters. The second-order valence-electron chi connectivity index (χ2n) is 5.15. The number of halogens is 2. The van der Waals surface area contributed by atoms with Crippen molar-refractivity contribution in [3.05, 3.63) is 24.0 Å². The highest BCUT2D eigenvalue weighted by molar-refractivity contribution is 5.95. The summed E-state index contributed by atoms with van der Waals surface area (Å²) < 4.78 is 19.2. The van der Waals surface area contributed by atoms with Gasteiger partial charge in [-0.05, 0) is 32.4 Å². The number of anilines is 1. The Kier molecular flexibility index (Phi) is 6.39. The third-order valence-electron chi connectivity index (χ3n) is 2.99. The van der Waals surface area contributed by atoms with Crippen molar-refractivity contribution < 1.29 is 19.0 Å². The number of aliphatic hydroxyl groups is 1. The van der Waals surface area contributed by atoms with Crippen LogP contribution in [0.5, 0.6) is 5.75 Å². The van der Waals surface area contributed by atoms with Crippen LogP contribution in [0.2, 0.25) is 0 Å². The molecule has 0 saturated carbocycles. The van der Waals surface area contributed by atoms with Gasteiger partial charge in [0.25, 0.3) is 0 Å². The van der Waals surface area contributed by atoms with Crippen molar-refractivity contribution in [3.8, 4) is 5.75 Å². The van der Waals surface area contributed by atoms with Gasteiger partial charge in [-0.15, -0.1) is 12.4 Å². The first-order chi connectivity index (χ1) is 9.45. The van der Waals surface area contributed by atoms with E-state index in [0.29, 0.717) is 18.7 Å². The van der Waals surface area contributed by atoms with Crippen LogP contribution in [0.25, 0.3) is 0 Å². The normalized spacial score (nSPS) is 21.0. The molecule has 1 aromatic rings. The highest BCUT2D eigenvalue weighted by Crippen LogP contribution is 2.22. The molecule has 0 radical (unpaired) electrons. The summed E-state index contributed by atoms with van der Waals surface area (Å²) in [5.41, 5.74) is 0.106. The van der Waals surface area contributed by atoms with Gasteiger partial charge in [0.1, 0.15) is 11.6 Å². The van der Waals surface area contributed by atoms with E-state index in [1.54, 1.807) is 6.07 Å². The molecule has 1 aliphatic heterocycles. The van der Waals surface area contributed by atoms with Gasteiger partial charge in [-0.2, -0.15) is 0 Å². The molecular formula is C14H20ClFN2O3. The molecule has 21 heavy (non-hydrogen) atoms. The third-order valence-corrected chi connectivity index (χ3v) is 2.99. The Labute approximate surface area is 129 Å². The van der Waals surface area contributed by atoms with Crippen LogP contribution in [-0.2, 0) is 4.79 Å². The summed E-state index contributed by atoms with van der Waals surface area (Å²) in [5.74, 6) is -0.474. The van der Waals surface area contributed by atoms with E-state index in [-0.39, 0.29) is 30.1 Å². The van der Waals surface area contributed by atoms with Crippen LogP contribution in [0.4, 0.5) is 10.1 Å². The number of rotatable bonds is 4. The zero-order valence-electron chi connectivity index (χ0n) is 11.9. The maximum absolute atomic E-state index is 13.9. The Morgan fingerprint density at radius 3 is 2.76 bits per heavy atom. The number of ether oxygens (including phenoxy) is 1. The molecule has 0 aliphatic carbocycles. The number of carbonyl (C=O) groups is 1. The number of nitrogens with one attached hydrogen (secondary N) is 2. The minimum absolute atomic E-state index is 0. The zero-order valence-corrected chi connectivity index (χ0v) is 12.7. The van der Waals surface area contributed by atoms with Crippen LogP contribution >= 0.6 is 12.4 Å². The average molecular weight is 319 g/mol. The van der Waals surface area contributed by atoms with E-state index in [1.165, 1.54) is 12.1 Å². The van der Waals surface area contributed by atoms with Gasteiger partial charge in [0.2, 0.25) is 5.91 Å². The number of benzene rings is 1. The van der Waals surface area contributed by atoms with Gasteiger partial charge in [0, 0.05) is 12.6 Å². The van der Waals surface area contributed by atoms with E-state index < -0.39 is 18.0 Å². The number of β-amino-alcohol motifs (C(OH)–C–C–N with tert-alkyl or cyclic N) is 1. The topological polar surface area (TPSA) is 70.6 Å². The van der Waals surface area contributed by atoms with E-state index in [9.17, 15) is 14.3 Å². The minimum Gasteiger partial charge on any atom is -0.491 e. The van der Waals surface area contributed by atoms with Crippen LogP contribution in [0.15, 0.2) is 18.2 Å². The lowest BCUT2D eigenvalue weighted by Gasteiger charge is -2.13. The molecule has 1 fully saturated rings. The van der Waals surface area contributed by atoms with Crippen molar-refractivity contribution in [2.24, 2.45) is 0 Å². The Bertz CT molecular complexity index is 499. The standard InChI is InChI=1S/C14H19FN2O3.ClH/c1-8(2)20-10-3-4-12(11(15)6-10)17-14(19)13-5-9(18)7-16-13;/h3-4,6,8-9,13,16,18H,5,7H2,1-2H3,(H,17,19);1H. The number of carbonyl (C=O) groups excluding carboxylic acids is 1. The first-order valence-corrected chi connectivity index (χ1v) is 6.64. The quantitative estimate of drug-likeness (QED) is 0.790. The van der Waals surface area contributed by atoms with Gasteiger partial charge >= 0.3 is 0 Å². The summed E-state index contributed by atoms with van der Waals surface area (Å²) >= 11 is 0. The lowest BCUT2D eigenvalue weighted by atomic mass is 10.2. The van der Waals surface area contributed by atoms with E-state index >= 15 is 0 Å². The molecule has 1 amide bonds. The molecule has 1 aliphatic rings. The molecule has 2 rings (SSSR count). The van der Waals surface area contributed by atoms with Gasteiger partial charge in [-0.1, -0.05) is 0 Å². The highest BCUT2D eigenvalue weighted by atomic mass is 35.5. The molecule has 1 aromatic carbocycles. The van der Waals surface area contributed by atoms with Crippen molar-refractivity contribution in [2.75, 3.05) is 11.9 Å². The molecule has 0 aromatic heterocycles. The number of hydrogen-bond acceptors (Lipinski definition) is 4. The Balaban J connectivity index is 0.00000220. The fourth-order valence-electron chi connectivity index (χ4n) is 2.08. The number of amides is 1. The fraction of sp³-hybridized carbons (Fsp3) is 0.500. The Hall–Kier alpha value is -1.37. The molecule has 1 heterocycles. The SMILES string of the molecule is CC(C)Oc1ccc(NC(=O)C2CC(O)CN2)c(F)c1.Cl.